The normalized spacial score (nSPS) is 28.9. The molecule has 0 aromatic heterocycles. The summed E-state index contributed by atoms with van der Waals surface area (Å²) < 4.78 is 0. The summed E-state index contributed by atoms with van der Waals surface area (Å²) in [6.07, 6.45) is 6.44. The van der Waals surface area contributed by atoms with Crippen LogP contribution in [0.4, 0.5) is 0 Å². The van der Waals surface area contributed by atoms with Gasteiger partial charge in [0.05, 0.1) is 6.04 Å². The van der Waals surface area contributed by atoms with Gasteiger partial charge in [0.2, 0.25) is 5.91 Å². The Morgan fingerprint density at radius 3 is 2.85 bits per heavy atom. The number of rotatable bonds is 3. The Kier molecular flexibility index (Phi) is 4.32. The first-order valence-corrected chi connectivity index (χ1v) is 8.68. The molecule has 1 aromatic rings. The lowest BCUT2D eigenvalue weighted by atomic mass is 9.95. The molecule has 2 aliphatic rings. The summed E-state index contributed by atoms with van der Waals surface area (Å²) in [6.45, 7) is 0.798. The van der Waals surface area contributed by atoms with Crippen molar-refractivity contribution in [3.8, 4) is 0 Å². The van der Waals surface area contributed by atoms with Crippen LogP contribution < -0.4 is 10.6 Å². The van der Waals surface area contributed by atoms with E-state index in [0.29, 0.717) is 6.04 Å². The Labute approximate surface area is 124 Å². The summed E-state index contributed by atoms with van der Waals surface area (Å²) in [4.78, 5) is 12.4. The zero-order chi connectivity index (χ0) is 13.9. The number of amides is 1. The number of fused-ring (bicyclic) bond motifs is 1. The summed E-state index contributed by atoms with van der Waals surface area (Å²) in [6, 6.07) is 8.69. The molecule has 0 bridgehead atoms. The van der Waals surface area contributed by atoms with Gasteiger partial charge in [-0.05, 0) is 43.1 Å². The van der Waals surface area contributed by atoms with Crippen LogP contribution in [0.3, 0.4) is 0 Å². The summed E-state index contributed by atoms with van der Waals surface area (Å²) in [5.41, 5.74) is 2.62. The molecule has 3 nitrogen and oxygen atoms in total. The van der Waals surface area contributed by atoms with Crippen molar-refractivity contribution in [1.29, 1.82) is 0 Å². The molecule has 1 fully saturated rings. The van der Waals surface area contributed by atoms with Crippen LogP contribution in [0.1, 0.15) is 30.4 Å². The Hall–Kier alpha value is -1.00. The van der Waals surface area contributed by atoms with E-state index in [-0.39, 0.29) is 11.9 Å². The van der Waals surface area contributed by atoms with Gasteiger partial charge in [-0.3, -0.25) is 4.79 Å². The molecule has 20 heavy (non-hydrogen) atoms. The molecule has 1 aliphatic carbocycles. The molecule has 0 radical (unpaired) electrons. The maximum absolute atomic E-state index is 12.4. The summed E-state index contributed by atoms with van der Waals surface area (Å²) >= 11 is 1.92. The Balaban J connectivity index is 1.57. The van der Waals surface area contributed by atoms with Gasteiger partial charge < -0.3 is 10.6 Å². The first kappa shape index (κ1) is 14.0. The number of hydrogen-bond acceptors (Lipinski definition) is 3. The molecule has 2 unspecified atom stereocenters. The smallest absolute Gasteiger partial charge is 0.237 e. The topological polar surface area (TPSA) is 41.1 Å². The molecule has 2 N–H and O–H groups in total. The van der Waals surface area contributed by atoms with Gasteiger partial charge in [-0.2, -0.15) is 11.8 Å². The molecule has 1 heterocycles. The van der Waals surface area contributed by atoms with Crippen molar-refractivity contribution in [3.63, 3.8) is 0 Å². The average molecular weight is 290 g/mol. The van der Waals surface area contributed by atoms with E-state index < -0.39 is 0 Å². The molecule has 1 amide bonds. The van der Waals surface area contributed by atoms with Crippen LogP contribution in [0, 0.1) is 0 Å². The van der Waals surface area contributed by atoms with E-state index in [4.69, 9.17) is 0 Å². The SMILES string of the molecule is CSC1CCC(NC(=O)[C@@H]2Cc3ccccc3CN2)C1. The van der Waals surface area contributed by atoms with Gasteiger partial charge in [-0.1, -0.05) is 24.3 Å². The van der Waals surface area contributed by atoms with Crippen molar-refractivity contribution in [2.45, 2.75) is 49.6 Å². The number of benzene rings is 1. The largest absolute Gasteiger partial charge is 0.352 e. The van der Waals surface area contributed by atoms with Crippen LogP contribution in [-0.2, 0) is 17.8 Å². The fourth-order valence-corrected chi connectivity index (χ4v) is 4.02. The zero-order valence-electron chi connectivity index (χ0n) is 11.9. The van der Waals surface area contributed by atoms with Gasteiger partial charge in [0.15, 0.2) is 0 Å². The third-order valence-electron chi connectivity index (χ3n) is 4.46. The Bertz CT molecular complexity index is 491. The fourth-order valence-electron chi connectivity index (χ4n) is 3.23. The maximum atomic E-state index is 12.4. The van der Waals surface area contributed by atoms with E-state index >= 15 is 0 Å². The van der Waals surface area contributed by atoms with E-state index in [1.807, 2.05) is 11.8 Å². The molecular formula is C16H22N2OS. The van der Waals surface area contributed by atoms with Crippen molar-refractivity contribution < 1.29 is 4.79 Å². The van der Waals surface area contributed by atoms with Gasteiger partial charge in [0, 0.05) is 17.8 Å². The molecular weight excluding hydrogens is 268 g/mol. The van der Waals surface area contributed by atoms with Gasteiger partial charge in [0.1, 0.15) is 0 Å². The Morgan fingerprint density at radius 2 is 2.10 bits per heavy atom. The van der Waals surface area contributed by atoms with Gasteiger partial charge >= 0.3 is 0 Å². The van der Waals surface area contributed by atoms with Crippen LogP contribution in [0.15, 0.2) is 24.3 Å². The third-order valence-corrected chi connectivity index (χ3v) is 5.56. The number of carbonyl (C=O) groups is 1. The standard InChI is InChI=1S/C16H22N2OS/c1-20-14-7-6-13(9-14)18-16(19)15-8-11-4-2-3-5-12(11)10-17-15/h2-5,13-15,17H,6-10H2,1H3,(H,18,19)/t13?,14?,15-/m0/s1. The molecule has 4 heteroatoms. The molecule has 3 atom stereocenters. The number of hydrogen-bond donors (Lipinski definition) is 2. The lowest BCUT2D eigenvalue weighted by Crippen LogP contribution is -2.50. The molecule has 3 rings (SSSR count). The first-order chi connectivity index (χ1) is 9.76. The quantitative estimate of drug-likeness (QED) is 0.896. The number of nitrogens with one attached hydrogen (secondary N) is 2. The van der Waals surface area contributed by atoms with Crippen LogP contribution >= 0.6 is 11.8 Å². The van der Waals surface area contributed by atoms with Gasteiger partial charge in [-0.25, -0.2) is 0 Å². The van der Waals surface area contributed by atoms with Crippen LogP contribution in [-0.4, -0.2) is 29.5 Å². The molecule has 1 aliphatic heterocycles. The first-order valence-electron chi connectivity index (χ1n) is 7.39. The number of carbonyl (C=O) groups excluding carboxylic acids is 1. The summed E-state index contributed by atoms with van der Waals surface area (Å²) in [5.74, 6) is 0.172. The highest BCUT2D eigenvalue weighted by Gasteiger charge is 2.29. The monoisotopic (exact) mass is 290 g/mol. The van der Waals surface area contributed by atoms with Gasteiger partial charge in [0.25, 0.3) is 0 Å². The minimum absolute atomic E-state index is 0.0711. The molecule has 0 spiro atoms. The second kappa shape index (κ2) is 6.19. The van der Waals surface area contributed by atoms with Crippen molar-refractivity contribution in [3.05, 3.63) is 35.4 Å². The molecule has 1 saturated carbocycles. The summed E-state index contributed by atoms with van der Waals surface area (Å²) in [7, 11) is 0. The Morgan fingerprint density at radius 1 is 1.30 bits per heavy atom. The average Bonchev–Trinajstić information content (AvgIpc) is 2.94. The van der Waals surface area contributed by atoms with E-state index in [1.165, 1.54) is 17.5 Å². The van der Waals surface area contributed by atoms with Crippen molar-refractivity contribution in [2.75, 3.05) is 6.26 Å². The lowest BCUT2D eigenvalue weighted by Gasteiger charge is -2.26. The van der Waals surface area contributed by atoms with Crippen molar-refractivity contribution in [2.24, 2.45) is 0 Å². The lowest BCUT2D eigenvalue weighted by molar-refractivity contribution is -0.124. The van der Waals surface area contributed by atoms with Crippen molar-refractivity contribution >= 4 is 17.7 Å². The second-order valence-electron chi connectivity index (χ2n) is 5.78. The van der Waals surface area contributed by atoms with E-state index in [9.17, 15) is 4.79 Å². The van der Waals surface area contributed by atoms with Crippen LogP contribution in [0.5, 0.6) is 0 Å². The third kappa shape index (κ3) is 3.01. The highest BCUT2D eigenvalue weighted by Crippen LogP contribution is 2.28. The van der Waals surface area contributed by atoms with Crippen LogP contribution in [0.2, 0.25) is 0 Å². The fraction of sp³-hybridized carbons (Fsp3) is 0.562. The maximum Gasteiger partial charge on any atom is 0.237 e. The highest BCUT2D eigenvalue weighted by atomic mass is 32.2. The zero-order valence-corrected chi connectivity index (χ0v) is 12.7. The molecule has 1 aromatic carbocycles. The minimum Gasteiger partial charge on any atom is -0.352 e. The molecule has 0 saturated heterocycles. The predicted octanol–water partition coefficient (Wildman–Crippen LogP) is 2.10. The molecule has 108 valence electrons. The predicted molar refractivity (Wildman–Crippen MR) is 83.9 cm³/mol. The van der Waals surface area contributed by atoms with Gasteiger partial charge in [-0.15, -0.1) is 0 Å². The van der Waals surface area contributed by atoms with E-state index in [0.717, 1.165) is 31.1 Å². The van der Waals surface area contributed by atoms with Crippen LogP contribution in [0.25, 0.3) is 0 Å². The second-order valence-corrected chi connectivity index (χ2v) is 6.92. The van der Waals surface area contributed by atoms with E-state index in [2.05, 4.69) is 41.2 Å². The van der Waals surface area contributed by atoms with Crippen molar-refractivity contribution in [1.82, 2.24) is 10.6 Å². The van der Waals surface area contributed by atoms with E-state index in [1.54, 1.807) is 0 Å². The minimum atomic E-state index is -0.0711. The number of thioether (sulfide) groups is 1. The highest BCUT2D eigenvalue weighted by molar-refractivity contribution is 7.99. The summed E-state index contributed by atoms with van der Waals surface area (Å²) in [5, 5.41) is 7.31.